The van der Waals surface area contributed by atoms with Crippen LogP contribution in [0.3, 0.4) is 0 Å². The summed E-state index contributed by atoms with van der Waals surface area (Å²) in [7, 11) is -3.39. The summed E-state index contributed by atoms with van der Waals surface area (Å²) in [5.74, 6) is 0.419. The maximum absolute atomic E-state index is 12.5. The van der Waals surface area contributed by atoms with Crippen molar-refractivity contribution >= 4 is 21.4 Å². The van der Waals surface area contributed by atoms with Crippen molar-refractivity contribution in [3.8, 4) is 0 Å². The van der Waals surface area contributed by atoms with Crippen molar-refractivity contribution in [1.29, 1.82) is 0 Å². The summed E-state index contributed by atoms with van der Waals surface area (Å²) >= 11 is 1.26. The Bertz CT molecular complexity index is 820. The Hall–Kier alpha value is -1.28. The van der Waals surface area contributed by atoms with E-state index in [4.69, 9.17) is 0 Å². The van der Waals surface area contributed by atoms with Gasteiger partial charge in [0.25, 0.3) is 10.0 Å². The molecule has 1 N–H and O–H groups in total. The van der Waals surface area contributed by atoms with Crippen LogP contribution in [0.25, 0.3) is 0 Å². The predicted octanol–water partition coefficient (Wildman–Crippen LogP) is 2.00. The molecule has 4 rings (SSSR count). The first-order chi connectivity index (χ1) is 11.0. The Labute approximate surface area is 140 Å². The molecule has 0 amide bonds. The molecule has 7 heteroatoms. The largest absolute Gasteiger partial charge is 0.295 e. The number of aryl methyl sites for hydroxylation is 1. The fourth-order valence-electron chi connectivity index (χ4n) is 3.52. The highest BCUT2D eigenvalue weighted by Crippen LogP contribution is 2.50. The Kier molecular flexibility index (Phi) is 3.57. The number of sulfonamides is 1. The first-order valence-electron chi connectivity index (χ1n) is 7.69. The van der Waals surface area contributed by atoms with E-state index in [0.717, 1.165) is 37.4 Å². The molecular formula is C16H19N3O2S2. The van der Waals surface area contributed by atoms with Crippen LogP contribution >= 0.6 is 11.3 Å². The molecule has 2 aromatic heterocycles. The summed E-state index contributed by atoms with van der Waals surface area (Å²) in [6.07, 6.45) is 0.940. The summed E-state index contributed by atoms with van der Waals surface area (Å²) in [5.41, 5.74) is 1.79. The Morgan fingerprint density at radius 1 is 1.39 bits per heavy atom. The zero-order valence-electron chi connectivity index (χ0n) is 12.9. The molecular weight excluding hydrogens is 330 g/mol. The van der Waals surface area contributed by atoms with Crippen LogP contribution in [0.2, 0.25) is 0 Å². The van der Waals surface area contributed by atoms with Crippen molar-refractivity contribution in [2.45, 2.75) is 29.6 Å². The molecule has 1 aliphatic carbocycles. The van der Waals surface area contributed by atoms with Crippen molar-refractivity contribution < 1.29 is 8.42 Å². The van der Waals surface area contributed by atoms with Gasteiger partial charge in [-0.3, -0.25) is 9.88 Å². The zero-order chi connectivity index (χ0) is 16.1. The minimum Gasteiger partial charge on any atom is -0.295 e. The molecule has 0 radical (unpaired) electrons. The molecule has 0 bridgehead atoms. The lowest BCUT2D eigenvalue weighted by atomic mass is 10.2. The number of nitrogens with zero attached hydrogens (tertiary/aromatic N) is 2. The zero-order valence-corrected chi connectivity index (χ0v) is 14.5. The van der Waals surface area contributed by atoms with Crippen LogP contribution in [0.5, 0.6) is 0 Å². The number of rotatable bonds is 5. The second kappa shape index (κ2) is 5.37. The summed E-state index contributed by atoms with van der Waals surface area (Å²) in [6, 6.07) is 9.46. The number of pyridine rings is 1. The summed E-state index contributed by atoms with van der Waals surface area (Å²) in [6.45, 7) is 4.46. The third-order valence-electron chi connectivity index (χ3n) is 4.65. The molecule has 122 valence electrons. The molecule has 0 spiro atoms. The fourth-order valence-corrected chi connectivity index (χ4v) is 5.97. The SMILES string of the molecule is Cc1cccc(CN2C[C@@H]3C[C@@]3(NS(=O)(=O)c3cccs3)C2)n1. The lowest BCUT2D eigenvalue weighted by Gasteiger charge is -2.21. The molecule has 23 heavy (non-hydrogen) atoms. The molecule has 2 aliphatic rings. The van der Waals surface area contributed by atoms with Gasteiger partial charge >= 0.3 is 0 Å². The van der Waals surface area contributed by atoms with Crippen LogP contribution in [0, 0.1) is 12.8 Å². The number of fused-ring (bicyclic) bond motifs is 1. The van der Waals surface area contributed by atoms with Gasteiger partial charge in [0.05, 0.1) is 11.2 Å². The quantitative estimate of drug-likeness (QED) is 0.897. The van der Waals surface area contributed by atoms with Gasteiger partial charge in [0.15, 0.2) is 0 Å². The number of thiophene rings is 1. The number of hydrogen-bond donors (Lipinski definition) is 1. The minimum atomic E-state index is -3.39. The smallest absolute Gasteiger partial charge is 0.250 e. The van der Waals surface area contributed by atoms with E-state index in [9.17, 15) is 8.42 Å². The molecule has 0 aromatic carbocycles. The molecule has 5 nitrogen and oxygen atoms in total. The molecule has 1 saturated heterocycles. The van der Waals surface area contributed by atoms with E-state index in [1.165, 1.54) is 11.3 Å². The normalized spacial score (nSPS) is 27.1. The average molecular weight is 349 g/mol. The van der Waals surface area contributed by atoms with Crippen LogP contribution in [-0.4, -0.2) is 36.9 Å². The highest BCUT2D eigenvalue weighted by molar-refractivity contribution is 7.91. The fraction of sp³-hybridized carbons (Fsp3) is 0.438. The van der Waals surface area contributed by atoms with Gasteiger partial charge in [0.2, 0.25) is 0 Å². The first-order valence-corrected chi connectivity index (χ1v) is 10.1. The molecule has 0 unspecified atom stereocenters. The van der Waals surface area contributed by atoms with Gasteiger partial charge in [-0.05, 0) is 42.8 Å². The second-order valence-corrected chi connectivity index (χ2v) is 9.39. The van der Waals surface area contributed by atoms with Gasteiger partial charge in [0.1, 0.15) is 4.21 Å². The van der Waals surface area contributed by atoms with Gasteiger partial charge in [-0.25, -0.2) is 13.1 Å². The van der Waals surface area contributed by atoms with Gasteiger partial charge in [-0.1, -0.05) is 12.1 Å². The van der Waals surface area contributed by atoms with Crippen LogP contribution < -0.4 is 4.72 Å². The van der Waals surface area contributed by atoms with Crippen LogP contribution in [0.4, 0.5) is 0 Å². The maximum atomic E-state index is 12.5. The van der Waals surface area contributed by atoms with Gasteiger partial charge in [0, 0.05) is 25.3 Å². The third-order valence-corrected chi connectivity index (χ3v) is 7.60. The summed E-state index contributed by atoms with van der Waals surface area (Å²) < 4.78 is 28.3. The lowest BCUT2D eigenvalue weighted by molar-refractivity contribution is 0.283. The minimum absolute atomic E-state index is 0.271. The van der Waals surface area contributed by atoms with E-state index in [1.54, 1.807) is 17.5 Å². The standard InChI is InChI=1S/C16H19N3O2S2/c1-12-4-2-5-14(17-12)10-19-9-13-8-16(13,11-19)18-23(20,21)15-6-3-7-22-15/h2-7,13,18H,8-11H2,1H3/t13-,16+/m0/s1. The number of likely N-dealkylation sites (tertiary alicyclic amines) is 1. The Morgan fingerprint density at radius 2 is 2.26 bits per heavy atom. The highest BCUT2D eigenvalue weighted by atomic mass is 32.2. The van der Waals surface area contributed by atoms with Gasteiger partial charge in [-0.2, -0.15) is 0 Å². The van der Waals surface area contributed by atoms with E-state index < -0.39 is 10.0 Å². The van der Waals surface area contributed by atoms with Crippen molar-refractivity contribution in [3.63, 3.8) is 0 Å². The van der Waals surface area contributed by atoms with Crippen molar-refractivity contribution in [3.05, 3.63) is 47.1 Å². The number of hydrogen-bond acceptors (Lipinski definition) is 5. The van der Waals surface area contributed by atoms with Crippen LogP contribution in [-0.2, 0) is 16.6 Å². The molecule has 1 saturated carbocycles. The van der Waals surface area contributed by atoms with E-state index in [0.29, 0.717) is 10.1 Å². The van der Waals surface area contributed by atoms with Crippen molar-refractivity contribution in [1.82, 2.24) is 14.6 Å². The maximum Gasteiger partial charge on any atom is 0.250 e. The molecule has 2 fully saturated rings. The van der Waals surface area contributed by atoms with E-state index in [-0.39, 0.29) is 5.54 Å². The number of aromatic nitrogens is 1. The summed E-state index contributed by atoms with van der Waals surface area (Å²) in [5, 5.41) is 1.79. The van der Waals surface area contributed by atoms with E-state index in [2.05, 4.69) is 14.6 Å². The third kappa shape index (κ3) is 2.94. The number of nitrogens with one attached hydrogen (secondary N) is 1. The highest BCUT2D eigenvalue weighted by Gasteiger charge is 2.61. The van der Waals surface area contributed by atoms with Crippen LogP contribution in [0.1, 0.15) is 17.8 Å². The van der Waals surface area contributed by atoms with Gasteiger partial charge in [-0.15, -0.1) is 11.3 Å². The number of piperidine rings is 1. The molecule has 3 heterocycles. The topological polar surface area (TPSA) is 62.3 Å². The van der Waals surface area contributed by atoms with Crippen LogP contribution in [0.15, 0.2) is 39.9 Å². The Balaban J connectivity index is 1.44. The first kappa shape index (κ1) is 15.3. The monoisotopic (exact) mass is 349 g/mol. The van der Waals surface area contributed by atoms with E-state index >= 15 is 0 Å². The lowest BCUT2D eigenvalue weighted by Crippen LogP contribution is -2.41. The van der Waals surface area contributed by atoms with Crippen molar-refractivity contribution in [2.24, 2.45) is 5.92 Å². The Morgan fingerprint density at radius 3 is 3.00 bits per heavy atom. The summed E-state index contributed by atoms with van der Waals surface area (Å²) in [4.78, 5) is 6.83. The average Bonchev–Trinajstić information content (AvgIpc) is 2.89. The van der Waals surface area contributed by atoms with E-state index in [1.807, 2.05) is 25.1 Å². The molecule has 2 aromatic rings. The van der Waals surface area contributed by atoms with Gasteiger partial charge < -0.3 is 0 Å². The predicted molar refractivity (Wildman–Crippen MR) is 89.7 cm³/mol. The molecule has 2 atom stereocenters. The second-order valence-electron chi connectivity index (χ2n) is 6.53. The van der Waals surface area contributed by atoms with Crippen molar-refractivity contribution in [2.75, 3.05) is 13.1 Å². The molecule has 1 aliphatic heterocycles.